The van der Waals surface area contributed by atoms with Crippen molar-refractivity contribution in [3.63, 3.8) is 0 Å². The van der Waals surface area contributed by atoms with Crippen LogP contribution in [0.2, 0.25) is 0 Å². The number of amides is 3. The normalized spacial score (nSPS) is 16.8. The summed E-state index contributed by atoms with van der Waals surface area (Å²) in [5.41, 5.74) is 0.896. The number of aliphatic carboxylic acids is 1. The van der Waals surface area contributed by atoms with E-state index in [9.17, 15) is 19.2 Å². The first kappa shape index (κ1) is 21.4. The first-order valence-corrected chi connectivity index (χ1v) is 9.30. The molecule has 1 atom stereocenters. The number of carbonyl (C=O) groups excluding carboxylic acids is 3. The number of hydrogen-bond acceptors (Lipinski definition) is 4. The highest BCUT2D eigenvalue weighted by molar-refractivity contribution is 5.99. The molecule has 1 aliphatic rings. The van der Waals surface area contributed by atoms with E-state index in [-0.39, 0.29) is 30.3 Å². The monoisotopic (exact) mass is 389 g/mol. The molecule has 1 aromatic carbocycles. The van der Waals surface area contributed by atoms with Gasteiger partial charge in [-0.3, -0.25) is 19.2 Å². The van der Waals surface area contributed by atoms with E-state index in [1.807, 2.05) is 0 Å². The molecule has 2 rings (SSSR count). The SMILES string of the molecule is CC(=O)N(CC(=O)O)C1CCCN(C(=O)c2cccc(C(=O)N(C)C)c2)CC1. The van der Waals surface area contributed by atoms with Gasteiger partial charge in [0.15, 0.2) is 0 Å². The van der Waals surface area contributed by atoms with Gasteiger partial charge in [0.1, 0.15) is 6.54 Å². The molecule has 1 heterocycles. The van der Waals surface area contributed by atoms with E-state index in [2.05, 4.69) is 0 Å². The molecule has 3 amide bonds. The fourth-order valence-corrected chi connectivity index (χ4v) is 3.46. The Hall–Kier alpha value is -2.90. The van der Waals surface area contributed by atoms with Gasteiger partial charge in [0.25, 0.3) is 11.8 Å². The summed E-state index contributed by atoms with van der Waals surface area (Å²) in [6.45, 7) is 1.99. The molecular formula is C20H27N3O5. The Morgan fingerprint density at radius 1 is 1.11 bits per heavy atom. The molecule has 0 aliphatic carbocycles. The second kappa shape index (κ2) is 9.34. The van der Waals surface area contributed by atoms with Crippen LogP contribution >= 0.6 is 0 Å². The lowest BCUT2D eigenvalue weighted by atomic mass is 10.1. The first-order chi connectivity index (χ1) is 13.2. The van der Waals surface area contributed by atoms with E-state index in [0.29, 0.717) is 43.5 Å². The van der Waals surface area contributed by atoms with Crippen molar-refractivity contribution in [1.29, 1.82) is 0 Å². The van der Waals surface area contributed by atoms with Gasteiger partial charge in [-0.2, -0.15) is 0 Å². The topological polar surface area (TPSA) is 98.2 Å². The molecule has 0 aromatic heterocycles. The van der Waals surface area contributed by atoms with Crippen LogP contribution in [0.25, 0.3) is 0 Å². The van der Waals surface area contributed by atoms with Crippen molar-refractivity contribution in [2.45, 2.75) is 32.2 Å². The molecule has 28 heavy (non-hydrogen) atoms. The van der Waals surface area contributed by atoms with Gasteiger partial charge in [0.05, 0.1) is 0 Å². The minimum Gasteiger partial charge on any atom is -0.480 e. The number of rotatable bonds is 5. The molecule has 1 aliphatic heterocycles. The second-order valence-corrected chi connectivity index (χ2v) is 7.20. The smallest absolute Gasteiger partial charge is 0.323 e. The zero-order chi connectivity index (χ0) is 20.8. The lowest BCUT2D eigenvalue weighted by Crippen LogP contribution is -2.43. The van der Waals surface area contributed by atoms with Crippen molar-refractivity contribution in [3.8, 4) is 0 Å². The lowest BCUT2D eigenvalue weighted by molar-refractivity contribution is -0.145. The molecule has 0 spiro atoms. The van der Waals surface area contributed by atoms with Crippen molar-refractivity contribution in [2.75, 3.05) is 33.7 Å². The molecule has 8 heteroatoms. The van der Waals surface area contributed by atoms with E-state index in [0.717, 1.165) is 0 Å². The van der Waals surface area contributed by atoms with E-state index in [1.165, 1.54) is 16.7 Å². The molecular weight excluding hydrogens is 362 g/mol. The van der Waals surface area contributed by atoms with Gasteiger partial charge < -0.3 is 19.8 Å². The number of likely N-dealkylation sites (tertiary alicyclic amines) is 1. The second-order valence-electron chi connectivity index (χ2n) is 7.20. The van der Waals surface area contributed by atoms with E-state index in [1.54, 1.807) is 43.3 Å². The van der Waals surface area contributed by atoms with Crippen LogP contribution in [0.3, 0.4) is 0 Å². The number of nitrogens with zero attached hydrogens (tertiary/aromatic N) is 3. The lowest BCUT2D eigenvalue weighted by Gasteiger charge is -2.28. The molecule has 1 saturated heterocycles. The molecule has 1 unspecified atom stereocenters. The van der Waals surface area contributed by atoms with Gasteiger partial charge in [-0.15, -0.1) is 0 Å². The van der Waals surface area contributed by atoms with Crippen molar-refractivity contribution in [3.05, 3.63) is 35.4 Å². The van der Waals surface area contributed by atoms with Gasteiger partial charge in [-0.05, 0) is 37.5 Å². The van der Waals surface area contributed by atoms with E-state index >= 15 is 0 Å². The average Bonchev–Trinajstić information content (AvgIpc) is 2.90. The highest BCUT2D eigenvalue weighted by Gasteiger charge is 2.28. The number of carboxylic acids is 1. The molecule has 0 radical (unpaired) electrons. The quantitative estimate of drug-likeness (QED) is 0.819. The zero-order valence-corrected chi connectivity index (χ0v) is 16.6. The Labute approximate surface area is 164 Å². The van der Waals surface area contributed by atoms with Crippen molar-refractivity contribution < 1.29 is 24.3 Å². The molecule has 1 fully saturated rings. The van der Waals surface area contributed by atoms with Gasteiger partial charge in [0.2, 0.25) is 5.91 Å². The molecule has 0 saturated carbocycles. The Morgan fingerprint density at radius 2 is 1.79 bits per heavy atom. The number of carboxylic acid groups (broad SMARTS) is 1. The summed E-state index contributed by atoms with van der Waals surface area (Å²) in [4.78, 5) is 52.5. The van der Waals surface area contributed by atoms with Crippen molar-refractivity contribution >= 4 is 23.7 Å². The highest BCUT2D eigenvalue weighted by Crippen LogP contribution is 2.19. The summed E-state index contributed by atoms with van der Waals surface area (Å²) in [5.74, 6) is -1.66. The summed E-state index contributed by atoms with van der Waals surface area (Å²) in [5, 5.41) is 9.04. The summed E-state index contributed by atoms with van der Waals surface area (Å²) < 4.78 is 0. The summed E-state index contributed by atoms with van der Waals surface area (Å²) in [6, 6.07) is 6.44. The molecule has 1 N–H and O–H groups in total. The van der Waals surface area contributed by atoms with E-state index < -0.39 is 5.97 Å². The predicted molar refractivity (Wildman–Crippen MR) is 103 cm³/mol. The Morgan fingerprint density at radius 3 is 2.39 bits per heavy atom. The Balaban J connectivity index is 2.10. The van der Waals surface area contributed by atoms with Gasteiger partial charge in [-0.25, -0.2) is 0 Å². The van der Waals surface area contributed by atoms with Gasteiger partial charge in [-0.1, -0.05) is 6.07 Å². The van der Waals surface area contributed by atoms with Crippen LogP contribution in [0.1, 0.15) is 46.9 Å². The van der Waals surface area contributed by atoms with Crippen LogP contribution in [0, 0.1) is 0 Å². The fourth-order valence-electron chi connectivity index (χ4n) is 3.46. The Bertz CT molecular complexity index is 762. The minimum absolute atomic E-state index is 0.165. The Kier molecular flexibility index (Phi) is 7.14. The molecule has 1 aromatic rings. The van der Waals surface area contributed by atoms with E-state index in [4.69, 9.17) is 5.11 Å². The fraction of sp³-hybridized carbons (Fsp3) is 0.500. The maximum atomic E-state index is 12.9. The number of benzene rings is 1. The van der Waals surface area contributed by atoms with Crippen LogP contribution in [-0.4, -0.2) is 83.3 Å². The highest BCUT2D eigenvalue weighted by atomic mass is 16.4. The van der Waals surface area contributed by atoms with Crippen LogP contribution in [0.4, 0.5) is 0 Å². The van der Waals surface area contributed by atoms with Gasteiger partial charge >= 0.3 is 5.97 Å². The standard InChI is InChI=1S/C20H27N3O5/c1-14(24)23(13-18(25)26)17-8-5-10-22(11-9-17)20(28)16-7-4-6-15(12-16)19(27)21(2)3/h4,6-7,12,17H,5,8-11,13H2,1-3H3,(H,25,26). The third-order valence-corrected chi connectivity index (χ3v) is 4.90. The first-order valence-electron chi connectivity index (χ1n) is 9.30. The van der Waals surface area contributed by atoms with Crippen molar-refractivity contribution in [2.24, 2.45) is 0 Å². The zero-order valence-electron chi connectivity index (χ0n) is 16.6. The molecule has 0 bridgehead atoms. The summed E-state index contributed by atoms with van der Waals surface area (Å²) in [6.07, 6.45) is 1.85. The number of hydrogen-bond donors (Lipinski definition) is 1. The number of carbonyl (C=O) groups is 4. The maximum Gasteiger partial charge on any atom is 0.323 e. The summed E-state index contributed by atoms with van der Waals surface area (Å²) in [7, 11) is 3.31. The van der Waals surface area contributed by atoms with Crippen LogP contribution in [0.15, 0.2) is 24.3 Å². The van der Waals surface area contributed by atoms with Crippen LogP contribution in [0.5, 0.6) is 0 Å². The average molecular weight is 389 g/mol. The maximum absolute atomic E-state index is 12.9. The van der Waals surface area contributed by atoms with Gasteiger partial charge in [0, 0.05) is 51.3 Å². The molecule has 8 nitrogen and oxygen atoms in total. The summed E-state index contributed by atoms with van der Waals surface area (Å²) >= 11 is 0. The van der Waals surface area contributed by atoms with Crippen LogP contribution < -0.4 is 0 Å². The third kappa shape index (κ3) is 5.31. The predicted octanol–water partition coefficient (Wildman–Crippen LogP) is 1.32. The van der Waals surface area contributed by atoms with Crippen molar-refractivity contribution in [1.82, 2.24) is 14.7 Å². The van der Waals surface area contributed by atoms with Crippen LogP contribution in [-0.2, 0) is 9.59 Å². The largest absolute Gasteiger partial charge is 0.480 e. The molecule has 152 valence electrons. The minimum atomic E-state index is -1.05. The third-order valence-electron chi connectivity index (χ3n) is 4.90.